The molecule has 0 saturated carbocycles. The highest BCUT2D eigenvalue weighted by molar-refractivity contribution is 5.70. The number of allylic oxidation sites excluding steroid dienone is 12. The van der Waals surface area contributed by atoms with Gasteiger partial charge in [0.05, 0.1) is 6.61 Å². The van der Waals surface area contributed by atoms with E-state index in [2.05, 4.69) is 93.7 Å². The van der Waals surface area contributed by atoms with Crippen LogP contribution in [0.15, 0.2) is 72.9 Å². The molecule has 74 heavy (non-hydrogen) atoms. The molecule has 1 unspecified atom stereocenters. The van der Waals surface area contributed by atoms with Crippen molar-refractivity contribution in [2.24, 2.45) is 0 Å². The van der Waals surface area contributed by atoms with Crippen molar-refractivity contribution >= 4 is 11.9 Å². The standard InChI is InChI=1S/C69H124O5/c1-4-7-10-13-16-19-22-25-28-31-34-37-40-43-46-49-52-55-58-61-64-72-65-67(74-69(71)63-60-57-54-51-48-45-42-39-36-33-30-27-24-21-18-15-12-9-6-3)66-73-68(70)62-59-56-53-50-47-44-41-38-35-32-29-26-23-20-17-14-11-8-5-2/h8,11,17,20,26-27,29-30,35,38,44,47,67H,4-7,9-10,12-16,18-19,21-25,28,31-34,36-37,39-43,45-46,48-66H2,1-3H3/b11-8-,20-17-,29-26-,30-27-,38-35-,47-44-. The van der Waals surface area contributed by atoms with Crippen LogP contribution in [-0.4, -0.2) is 37.9 Å². The molecule has 0 heterocycles. The van der Waals surface area contributed by atoms with Crippen LogP contribution in [0.4, 0.5) is 0 Å². The summed E-state index contributed by atoms with van der Waals surface area (Å²) in [5.41, 5.74) is 0. The Balaban J connectivity index is 4.31. The van der Waals surface area contributed by atoms with Gasteiger partial charge in [0.2, 0.25) is 0 Å². The van der Waals surface area contributed by atoms with Gasteiger partial charge in [0.25, 0.3) is 0 Å². The van der Waals surface area contributed by atoms with E-state index in [4.69, 9.17) is 14.2 Å². The number of ether oxygens (including phenoxy) is 3. The maximum Gasteiger partial charge on any atom is 0.306 e. The number of carbonyl (C=O) groups excluding carboxylic acids is 2. The maximum absolute atomic E-state index is 12.9. The highest BCUT2D eigenvalue weighted by atomic mass is 16.6. The molecular formula is C69H124O5. The summed E-state index contributed by atoms with van der Waals surface area (Å²) in [7, 11) is 0. The van der Waals surface area contributed by atoms with Gasteiger partial charge >= 0.3 is 11.9 Å². The lowest BCUT2D eigenvalue weighted by Gasteiger charge is -2.18. The molecule has 0 saturated heterocycles. The first-order chi connectivity index (χ1) is 36.6. The average Bonchev–Trinajstić information content (AvgIpc) is 3.40. The van der Waals surface area contributed by atoms with Gasteiger partial charge in [0, 0.05) is 19.4 Å². The summed E-state index contributed by atoms with van der Waals surface area (Å²) in [4.78, 5) is 25.6. The fourth-order valence-electron chi connectivity index (χ4n) is 9.42. The summed E-state index contributed by atoms with van der Waals surface area (Å²) in [6, 6.07) is 0. The van der Waals surface area contributed by atoms with Gasteiger partial charge in [-0.15, -0.1) is 0 Å². The van der Waals surface area contributed by atoms with E-state index in [1.54, 1.807) is 0 Å². The molecule has 5 heteroatoms. The molecule has 0 aromatic heterocycles. The molecule has 1 atom stereocenters. The van der Waals surface area contributed by atoms with Crippen molar-refractivity contribution in [3.05, 3.63) is 72.9 Å². The number of carbonyl (C=O) groups is 2. The zero-order valence-corrected chi connectivity index (χ0v) is 49.6. The van der Waals surface area contributed by atoms with Crippen molar-refractivity contribution in [3.63, 3.8) is 0 Å². The predicted octanol–water partition coefficient (Wildman–Crippen LogP) is 22.6. The van der Waals surface area contributed by atoms with Crippen LogP contribution in [0.25, 0.3) is 0 Å². The van der Waals surface area contributed by atoms with Crippen molar-refractivity contribution in [2.75, 3.05) is 19.8 Å². The maximum atomic E-state index is 12.9. The van der Waals surface area contributed by atoms with E-state index in [0.29, 0.717) is 19.4 Å². The van der Waals surface area contributed by atoms with E-state index >= 15 is 0 Å². The Labute approximate surface area is 461 Å². The third kappa shape index (κ3) is 61.9. The zero-order chi connectivity index (χ0) is 53.4. The Hall–Kier alpha value is -2.66. The molecule has 0 N–H and O–H groups in total. The Kier molecular flexibility index (Phi) is 62.3. The topological polar surface area (TPSA) is 61.8 Å². The van der Waals surface area contributed by atoms with Crippen LogP contribution in [0.2, 0.25) is 0 Å². The Bertz CT molecular complexity index is 1310. The molecule has 0 aliphatic heterocycles. The summed E-state index contributed by atoms with van der Waals surface area (Å²) in [5, 5.41) is 0. The lowest BCUT2D eigenvalue weighted by atomic mass is 10.0. The molecular weight excluding hydrogens is 909 g/mol. The molecule has 0 amide bonds. The van der Waals surface area contributed by atoms with E-state index < -0.39 is 6.10 Å². The van der Waals surface area contributed by atoms with E-state index in [9.17, 15) is 9.59 Å². The van der Waals surface area contributed by atoms with Gasteiger partial charge in [-0.05, 0) is 89.9 Å². The molecule has 0 fully saturated rings. The van der Waals surface area contributed by atoms with Crippen molar-refractivity contribution in [1.29, 1.82) is 0 Å². The number of hydrogen-bond acceptors (Lipinski definition) is 5. The monoisotopic (exact) mass is 1030 g/mol. The minimum Gasteiger partial charge on any atom is -0.462 e. The average molecular weight is 1030 g/mol. The van der Waals surface area contributed by atoms with Gasteiger partial charge in [-0.3, -0.25) is 9.59 Å². The van der Waals surface area contributed by atoms with Gasteiger partial charge in [0.1, 0.15) is 6.61 Å². The summed E-state index contributed by atoms with van der Waals surface area (Å²) in [5.74, 6) is -0.421. The van der Waals surface area contributed by atoms with Crippen LogP contribution in [0.5, 0.6) is 0 Å². The van der Waals surface area contributed by atoms with Crippen molar-refractivity contribution in [2.45, 2.75) is 335 Å². The molecule has 0 radical (unpaired) electrons. The normalized spacial score (nSPS) is 12.6. The lowest BCUT2D eigenvalue weighted by molar-refractivity contribution is -0.163. The Morgan fingerprint density at radius 3 is 1.00 bits per heavy atom. The third-order valence-corrected chi connectivity index (χ3v) is 14.2. The molecule has 0 rings (SSSR count). The highest BCUT2D eigenvalue weighted by Crippen LogP contribution is 2.17. The van der Waals surface area contributed by atoms with Gasteiger partial charge in [-0.2, -0.15) is 0 Å². The summed E-state index contributed by atoms with van der Waals surface area (Å²) < 4.78 is 17.5. The van der Waals surface area contributed by atoms with E-state index in [-0.39, 0.29) is 25.2 Å². The molecule has 0 aliphatic carbocycles. The summed E-state index contributed by atoms with van der Waals surface area (Å²) in [6.45, 7) is 7.73. The van der Waals surface area contributed by atoms with Crippen LogP contribution in [0, 0.1) is 0 Å². The number of hydrogen-bond donors (Lipinski definition) is 0. The Morgan fingerprint density at radius 2 is 0.608 bits per heavy atom. The first-order valence-electron chi connectivity index (χ1n) is 32.5. The first-order valence-corrected chi connectivity index (χ1v) is 32.5. The lowest BCUT2D eigenvalue weighted by Crippen LogP contribution is -2.30. The van der Waals surface area contributed by atoms with Crippen LogP contribution < -0.4 is 0 Å². The van der Waals surface area contributed by atoms with Gasteiger partial charge < -0.3 is 14.2 Å². The van der Waals surface area contributed by atoms with E-state index in [1.165, 1.54) is 212 Å². The molecule has 5 nitrogen and oxygen atoms in total. The highest BCUT2D eigenvalue weighted by Gasteiger charge is 2.17. The minimum atomic E-state index is -0.553. The largest absolute Gasteiger partial charge is 0.462 e. The quantitative estimate of drug-likeness (QED) is 0.0345. The smallest absolute Gasteiger partial charge is 0.306 e. The van der Waals surface area contributed by atoms with Gasteiger partial charge in [-0.25, -0.2) is 0 Å². The van der Waals surface area contributed by atoms with Gasteiger partial charge in [0.15, 0.2) is 6.10 Å². The fourth-order valence-corrected chi connectivity index (χ4v) is 9.42. The van der Waals surface area contributed by atoms with E-state index in [1.807, 2.05) is 0 Å². The molecule has 430 valence electrons. The van der Waals surface area contributed by atoms with Crippen LogP contribution in [0.3, 0.4) is 0 Å². The minimum absolute atomic E-state index is 0.0688. The number of rotatable bonds is 60. The van der Waals surface area contributed by atoms with Crippen LogP contribution in [-0.2, 0) is 23.8 Å². The SMILES string of the molecule is CC/C=C\C/C=C\C/C=C\C/C=C\C/C=C\CCCCCC(=O)OCC(COCCCCCCCCCCCCCCCCCCCCCC)OC(=O)CCCCCCCCCCC/C=C\CCCCCCCC. The van der Waals surface area contributed by atoms with Crippen molar-refractivity contribution < 1.29 is 23.8 Å². The second kappa shape index (κ2) is 64.6. The van der Waals surface area contributed by atoms with Gasteiger partial charge in [-0.1, -0.05) is 299 Å². The predicted molar refractivity (Wildman–Crippen MR) is 325 cm³/mol. The van der Waals surface area contributed by atoms with Crippen LogP contribution in [0.1, 0.15) is 329 Å². The van der Waals surface area contributed by atoms with E-state index in [0.717, 1.165) is 83.5 Å². The second-order valence-corrected chi connectivity index (χ2v) is 21.6. The number of unbranched alkanes of at least 4 members (excludes halogenated alkanes) is 37. The molecule has 0 spiro atoms. The molecule has 0 aromatic carbocycles. The van der Waals surface area contributed by atoms with Crippen molar-refractivity contribution in [3.8, 4) is 0 Å². The zero-order valence-electron chi connectivity index (χ0n) is 49.6. The second-order valence-electron chi connectivity index (χ2n) is 21.6. The number of esters is 2. The van der Waals surface area contributed by atoms with Crippen molar-refractivity contribution in [1.82, 2.24) is 0 Å². The summed E-state index contributed by atoms with van der Waals surface area (Å²) in [6.07, 6.45) is 85.2. The summed E-state index contributed by atoms with van der Waals surface area (Å²) >= 11 is 0. The first kappa shape index (κ1) is 71.3. The third-order valence-electron chi connectivity index (χ3n) is 14.2. The molecule has 0 aromatic rings. The molecule has 0 bridgehead atoms. The molecule has 0 aliphatic rings. The fraction of sp³-hybridized carbons (Fsp3) is 0.797. The Morgan fingerprint density at radius 1 is 0.311 bits per heavy atom. The van der Waals surface area contributed by atoms with Crippen LogP contribution >= 0.6 is 0 Å².